The summed E-state index contributed by atoms with van der Waals surface area (Å²) < 4.78 is 0. The van der Waals surface area contributed by atoms with Gasteiger partial charge in [0.15, 0.2) is 0 Å². The van der Waals surface area contributed by atoms with E-state index >= 15 is 0 Å². The third kappa shape index (κ3) is 2.15. The number of benzene rings is 1. The van der Waals surface area contributed by atoms with Gasteiger partial charge in [-0.25, -0.2) is 0 Å². The molecule has 4 heteroatoms. The molecule has 1 aromatic carbocycles. The number of hydrogen-bond acceptors (Lipinski definition) is 3. The van der Waals surface area contributed by atoms with Crippen molar-refractivity contribution < 1.29 is 5.11 Å². The minimum atomic E-state index is 0.194. The van der Waals surface area contributed by atoms with Crippen molar-refractivity contribution in [3.63, 3.8) is 0 Å². The Kier molecular flexibility index (Phi) is 3.36. The maximum Gasteiger partial charge on any atom is 0.117 e. The lowest BCUT2D eigenvalue weighted by molar-refractivity contribution is 0.475. The van der Waals surface area contributed by atoms with E-state index in [2.05, 4.69) is 16.8 Å². The van der Waals surface area contributed by atoms with E-state index in [1.54, 1.807) is 12.1 Å². The van der Waals surface area contributed by atoms with Crippen LogP contribution in [0.15, 0.2) is 30.9 Å². The second kappa shape index (κ2) is 4.76. The summed E-state index contributed by atoms with van der Waals surface area (Å²) in [6, 6.07) is 5.32. The highest BCUT2D eigenvalue weighted by Gasteiger charge is 2.21. The lowest BCUT2D eigenvalue weighted by atomic mass is 10.1. The summed E-state index contributed by atoms with van der Waals surface area (Å²) in [4.78, 5) is 2.20. The third-order valence-electron chi connectivity index (χ3n) is 2.80. The standard InChI is InChI=1S/C12H15ClN2O/c1-2-9-8-14-5-6-15(9)12-4-3-10(16)7-11(12)13/h2-4,7,9,14,16H,1,5-6,8H2/t9-/m1/s1. The molecule has 0 radical (unpaired) electrons. The first-order valence-electron chi connectivity index (χ1n) is 5.31. The van der Waals surface area contributed by atoms with Gasteiger partial charge in [0.25, 0.3) is 0 Å². The van der Waals surface area contributed by atoms with Crippen LogP contribution < -0.4 is 10.2 Å². The van der Waals surface area contributed by atoms with Gasteiger partial charge in [0.05, 0.1) is 16.8 Å². The summed E-state index contributed by atoms with van der Waals surface area (Å²) in [5.74, 6) is 0.194. The molecule has 0 saturated carbocycles. The number of piperazine rings is 1. The lowest BCUT2D eigenvalue weighted by Crippen LogP contribution is -2.50. The SMILES string of the molecule is C=C[C@@H]1CNCCN1c1ccc(O)cc1Cl. The molecule has 2 N–H and O–H groups in total. The van der Waals surface area contributed by atoms with E-state index in [1.165, 1.54) is 0 Å². The van der Waals surface area contributed by atoms with E-state index in [0.29, 0.717) is 5.02 Å². The first-order valence-corrected chi connectivity index (χ1v) is 5.68. The number of halogens is 1. The van der Waals surface area contributed by atoms with Crippen LogP contribution in [0.2, 0.25) is 5.02 Å². The molecule has 0 aromatic heterocycles. The van der Waals surface area contributed by atoms with Crippen LogP contribution in [0.4, 0.5) is 5.69 Å². The molecule has 16 heavy (non-hydrogen) atoms. The number of rotatable bonds is 2. The van der Waals surface area contributed by atoms with Gasteiger partial charge in [0.1, 0.15) is 5.75 Å². The van der Waals surface area contributed by atoms with E-state index < -0.39 is 0 Å². The van der Waals surface area contributed by atoms with Crippen molar-refractivity contribution in [1.29, 1.82) is 0 Å². The van der Waals surface area contributed by atoms with Crippen LogP contribution in [0.25, 0.3) is 0 Å². The predicted octanol–water partition coefficient (Wildman–Crippen LogP) is 2.01. The maximum atomic E-state index is 9.32. The zero-order chi connectivity index (χ0) is 11.5. The smallest absolute Gasteiger partial charge is 0.117 e. The average Bonchev–Trinajstić information content (AvgIpc) is 2.29. The van der Waals surface area contributed by atoms with Crippen molar-refractivity contribution in [2.24, 2.45) is 0 Å². The number of hydrogen-bond donors (Lipinski definition) is 2. The van der Waals surface area contributed by atoms with E-state index in [1.807, 2.05) is 12.1 Å². The summed E-state index contributed by atoms with van der Waals surface area (Å²) in [5, 5.41) is 13.2. The fourth-order valence-electron chi connectivity index (χ4n) is 1.96. The van der Waals surface area contributed by atoms with Crippen molar-refractivity contribution in [3.8, 4) is 5.75 Å². The highest BCUT2D eigenvalue weighted by Crippen LogP contribution is 2.31. The van der Waals surface area contributed by atoms with Gasteiger partial charge in [-0.05, 0) is 12.1 Å². The van der Waals surface area contributed by atoms with Gasteiger partial charge >= 0.3 is 0 Å². The topological polar surface area (TPSA) is 35.5 Å². The quantitative estimate of drug-likeness (QED) is 0.774. The third-order valence-corrected chi connectivity index (χ3v) is 3.10. The molecule has 1 atom stereocenters. The Hall–Kier alpha value is -1.19. The Morgan fingerprint density at radius 3 is 3.06 bits per heavy atom. The number of aromatic hydroxyl groups is 1. The van der Waals surface area contributed by atoms with Crippen LogP contribution >= 0.6 is 11.6 Å². The van der Waals surface area contributed by atoms with Gasteiger partial charge < -0.3 is 15.3 Å². The number of nitrogens with one attached hydrogen (secondary N) is 1. The van der Waals surface area contributed by atoms with Crippen LogP contribution in [-0.4, -0.2) is 30.8 Å². The fourth-order valence-corrected chi connectivity index (χ4v) is 2.25. The lowest BCUT2D eigenvalue weighted by Gasteiger charge is -2.36. The molecule has 0 bridgehead atoms. The Morgan fingerprint density at radius 2 is 2.38 bits per heavy atom. The van der Waals surface area contributed by atoms with E-state index in [0.717, 1.165) is 25.3 Å². The second-order valence-corrected chi connectivity index (χ2v) is 4.24. The molecule has 0 amide bonds. The molecule has 1 heterocycles. The van der Waals surface area contributed by atoms with Crippen LogP contribution in [0.3, 0.4) is 0 Å². The van der Waals surface area contributed by atoms with Gasteiger partial charge in [0.2, 0.25) is 0 Å². The van der Waals surface area contributed by atoms with Crippen molar-refractivity contribution in [1.82, 2.24) is 5.32 Å². The van der Waals surface area contributed by atoms with E-state index in [9.17, 15) is 5.11 Å². The minimum absolute atomic E-state index is 0.194. The molecule has 0 aliphatic carbocycles. The maximum absolute atomic E-state index is 9.32. The number of phenolic OH excluding ortho intramolecular Hbond substituents is 1. The van der Waals surface area contributed by atoms with Crippen molar-refractivity contribution in [3.05, 3.63) is 35.9 Å². The summed E-state index contributed by atoms with van der Waals surface area (Å²) in [7, 11) is 0. The largest absolute Gasteiger partial charge is 0.508 e. The monoisotopic (exact) mass is 238 g/mol. The number of phenols is 1. The summed E-state index contributed by atoms with van der Waals surface area (Å²) in [6.45, 7) is 6.53. The van der Waals surface area contributed by atoms with Gasteiger partial charge in [0, 0.05) is 25.7 Å². The Morgan fingerprint density at radius 1 is 1.56 bits per heavy atom. The highest BCUT2D eigenvalue weighted by molar-refractivity contribution is 6.33. The molecule has 0 unspecified atom stereocenters. The van der Waals surface area contributed by atoms with Gasteiger partial charge in [-0.2, -0.15) is 0 Å². The molecule has 3 nitrogen and oxygen atoms in total. The molecule has 1 aliphatic heterocycles. The highest BCUT2D eigenvalue weighted by atomic mass is 35.5. The Labute approximate surface area is 100 Å². The normalized spacial score (nSPS) is 20.8. The fraction of sp³-hybridized carbons (Fsp3) is 0.333. The molecular weight excluding hydrogens is 224 g/mol. The first-order chi connectivity index (χ1) is 7.72. The second-order valence-electron chi connectivity index (χ2n) is 3.84. The Bertz CT molecular complexity index is 395. The Balaban J connectivity index is 2.30. The zero-order valence-electron chi connectivity index (χ0n) is 8.99. The molecule has 1 aliphatic rings. The molecule has 1 saturated heterocycles. The molecule has 1 fully saturated rings. The van der Waals surface area contributed by atoms with Gasteiger partial charge in [-0.15, -0.1) is 6.58 Å². The molecular formula is C12H15ClN2O. The van der Waals surface area contributed by atoms with Crippen molar-refractivity contribution in [2.75, 3.05) is 24.5 Å². The van der Waals surface area contributed by atoms with Crippen molar-refractivity contribution >= 4 is 17.3 Å². The summed E-state index contributed by atoms with van der Waals surface area (Å²) in [5.41, 5.74) is 0.950. The predicted molar refractivity (Wildman–Crippen MR) is 67.3 cm³/mol. The van der Waals surface area contributed by atoms with Gasteiger partial charge in [-0.1, -0.05) is 17.7 Å². The van der Waals surface area contributed by atoms with E-state index in [-0.39, 0.29) is 11.8 Å². The van der Waals surface area contributed by atoms with E-state index in [4.69, 9.17) is 11.6 Å². The van der Waals surface area contributed by atoms with Crippen LogP contribution in [0.1, 0.15) is 0 Å². The van der Waals surface area contributed by atoms with Crippen LogP contribution in [-0.2, 0) is 0 Å². The molecule has 86 valence electrons. The minimum Gasteiger partial charge on any atom is -0.508 e. The summed E-state index contributed by atoms with van der Waals surface area (Å²) >= 11 is 6.13. The first kappa shape index (κ1) is 11.3. The van der Waals surface area contributed by atoms with Gasteiger partial charge in [-0.3, -0.25) is 0 Å². The molecule has 2 rings (SSSR count). The number of nitrogens with zero attached hydrogens (tertiary/aromatic N) is 1. The van der Waals surface area contributed by atoms with Crippen molar-refractivity contribution in [2.45, 2.75) is 6.04 Å². The molecule has 1 aromatic rings. The van der Waals surface area contributed by atoms with Crippen LogP contribution in [0, 0.1) is 0 Å². The average molecular weight is 239 g/mol. The summed E-state index contributed by atoms with van der Waals surface area (Å²) in [6.07, 6.45) is 1.91. The zero-order valence-corrected chi connectivity index (χ0v) is 9.74. The van der Waals surface area contributed by atoms with Crippen LogP contribution in [0.5, 0.6) is 5.75 Å². The number of anilines is 1. The molecule has 0 spiro atoms.